The lowest BCUT2D eigenvalue weighted by atomic mass is 9.70. The van der Waals surface area contributed by atoms with Crippen molar-refractivity contribution in [1.29, 1.82) is 0 Å². The second-order valence-corrected chi connectivity index (χ2v) is 12.3. The van der Waals surface area contributed by atoms with E-state index in [1.54, 1.807) is 6.92 Å². The van der Waals surface area contributed by atoms with E-state index < -0.39 is 0 Å². The predicted octanol–water partition coefficient (Wildman–Crippen LogP) is 8.02. The van der Waals surface area contributed by atoms with Crippen LogP contribution in [0.4, 0.5) is 0 Å². The largest absolute Gasteiger partial charge is 0.300 e. The molecule has 0 amide bonds. The van der Waals surface area contributed by atoms with E-state index >= 15 is 0 Å². The van der Waals surface area contributed by atoms with Gasteiger partial charge in [-0.15, -0.1) is 0 Å². The second-order valence-electron chi connectivity index (χ2n) is 12.3. The average molecular weight is 533 g/mol. The summed E-state index contributed by atoms with van der Waals surface area (Å²) in [7, 11) is 0. The molecule has 0 bridgehead atoms. The Morgan fingerprint density at radius 1 is 1.03 bits per heavy atom. The number of carbonyl (C=O) groups excluding carboxylic acids is 4. The number of ketones is 4. The van der Waals surface area contributed by atoms with Crippen LogP contribution in [0.15, 0.2) is 29.4 Å². The van der Waals surface area contributed by atoms with Crippen molar-refractivity contribution in [2.45, 2.75) is 119 Å². The minimum absolute atomic E-state index is 0.0215. The van der Waals surface area contributed by atoms with E-state index in [-0.39, 0.29) is 47.3 Å². The van der Waals surface area contributed by atoms with Gasteiger partial charge in [-0.05, 0) is 105 Å². The standard InChI is InChI=1S/C35H48O4/c1-8-10-29(30(9-2)33(38)15-22(5)36)17-26-18-32-31(21(3)4)20-27(23(6)35(32)34(39)19-26)13-11-25-12-14-28(16-25)24(7)37/h12,14,20-21,26,29-30H,8-11,13,15-19H2,1-7H3. The van der Waals surface area contributed by atoms with E-state index in [0.717, 1.165) is 68.1 Å². The third kappa shape index (κ3) is 7.52. The SMILES string of the molecule is CCCC(CC1CC(=O)c2c(C)c(CCC3=CC=C(C(C)=O)C3)cc(C(C)C)c2C1)C(CC)C(=O)CC(C)=O. The summed E-state index contributed by atoms with van der Waals surface area (Å²) in [6, 6.07) is 2.33. The molecule has 0 radical (unpaired) electrons. The van der Waals surface area contributed by atoms with Crippen LogP contribution in [0, 0.1) is 24.7 Å². The summed E-state index contributed by atoms with van der Waals surface area (Å²) in [6.45, 7) is 13.8. The third-order valence-electron chi connectivity index (χ3n) is 8.95. The number of fused-ring (bicyclic) bond motifs is 1. The molecule has 4 heteroatoms. The minimum atomic E-state index is -0.109. The van der Waals surface area contributed by atoms with Gasteiger partial charge in [0.05, 0.1) is 6.42 Å². The summed E-state index contributed by atoms with van der Waals surface area (Å²) < 4.78 is 0. The summed E-state index contributed by atoms with van der Waals surface area (Å²) >= 11 is 0. The van der Waals surface area contributed by atoms with Crippen molar-refractivity contribution >= 4 is 23.1 Å². The van der Waals surface area contributed by atoms with Gasteiger partial charge in [0, 0.05) is 17.9 Å². The number of aryl methyl sites for hydroxylation is 1. The van der Waals surface area contributed by atoms with Gasteiger partial charge in [-0.2, -0.15) is 0 Å². The number of carbonyl (C=O) groups is 4. The molecule has 39 heavy (non-hydrogen) atoms. The fraction of sp³-hybridized carbons (Fsp3) is 0.600. The van der Waals surface area contributed by atoms with E-state index in [1.807, 2.05) is 13.0 Å². The maximum Gasteiger partial charge on any atom is 0.163 e. The number of hydrogen-bond acceptors (Lipinski definition) is 4. The van der Waals surface area contributed by atoms with Crippen LogP contribution in [-0.2, 0) is 27.2 Å². The molecule has 0 spiro atoms. The smallest absolute Gasteiger partial charge is 0.163 e. The molecule has 0 saturated heterocycles. The lowest BCUT2D eigenvalue weighted by Crippen LogP contribution is -2.30. The van der Waals surface area contributed by atoms with Crippen molar-refractivity contribution in [2.24, 2.45) is 17.8 Å². The Kier molecular flexibility index (Phi) is 10.8. The molecule has 4 nitrogen and oxygen atoms in total. The van der Waals surface area contributed by atoms with E-state index in [1.165, 1.54) is 29.2 Å². The quantitative estimate of drug-likeness (QED) is 0.228. The lowest BCUT2D eigenvalue weighted by Gasteiger charge is -2.33. The first-order valence-electron chi connectivity index (χ1n) is 15.1. The maximum absolute atomic E-state index is 13.7. The Balaban J connectivity index is 1.83. The molecule has 3 unspecified atom stereocenters. The minimum Gasteiger partial charge on any atom is -0.300 e. The van der Waals surface area contributed by atoms with Gasteiger partial charge in [0.2, 0.25) is 0 Å². The zero-order valence-electron chi connectivity index (χ0n) is 25.2. The first kappa shape index (κ1) is 30.9. The van der Waals surface area contributed by atoms with Gasteiger partial charge >= 0.3 is 0 Å². The molecule has 1 aromatic carbocycles. The Morgan fingerprint density at radius 3 is 2.31 bits per heavy atom. The number of benzene rings is 1. The van der Waals surface area contributed by atoms with Crippen LogP contribution in [-0.4, -0.2) is 23.1 Å². The zero-order valence-corrected chi connectivity index (χ0v) is 25.2. The Hall–Kier alpha value is -2.62. The summed E-state index contributed by atoms with van der Waals surface area (Å²) in [6.07, 6.45) is 11.5. The van der Waals surface area contributed by atoms with Crippen LogP contribution in [0.5, 0.6) is 0 Å². The highest BCUT2D eigenvalue weighted by Gasteiger charge is 2.34. The van der Waals surface area contributed by atoms with Crippen LogP contribution >= 0.6 is 0 Å². The van der Waals surface area contributed by atoms with Gasteiger partial charge in [-0.25, -0.2) is 0 Å². The summed E-state index contributed by atoms with van der Waals surface area (Å²) in [4.78, 5) is 50.0. The number of hydrogen-bond donors (Lipinski definition) is 0. The topological polar surface area (TPSA) is 68.3 Å². The fourth-order valence-corrected chi connectivity index (χ4v) is 6.95. The highest BCUT2D eigenvalue weighted by molar-refractivity contribution is 6.01. The molecular weight excluding hydrogens is 484 g/mol. The van der Waals surface area contributed by atoms with Gasteiger partial charge in [-0.1, -0.05) is 64.3 Å². The monoisotopic (exact) mass is 532 g/mol. The van der Waals surface area contributed by atoms with Crippen LogP contribution in [0.25, 0.3) is 0 Å². The number of rotatable bonds is 14. The summed E-state index contributed by atoms with van der Waals surface area (Å²) in [5.74, 6) is 1.02. The van der Waals surface area contributed by atoms with Crippen molar-refractivity contribution in [1.82, 2.24) is 0 Å². The highest BCUT2D eigenvalue weighted by atomic mass is 16.1. The second kappa shape index (κ2) is 13.6. The molecule has 0 aromatic heterocycles. The van der Waals surface area contributed by atoms with E-state index in [4.69, 9.17) is 0 Å². The van der Waals surface area contributed by atoms with Gasteiger partial charge in [0.1, 0.15) is 11.6 Å². The summed E-state index contributed by atoms with van der Waals surface area (Å²) in [5, 5.41) is 0. The van der Waals surface area contributed by atoms with E-state index in [9.17, 15) is 19.2 Å². The predicted molar refractivity (Wildman–Crippen MR) is 158 cm³/mol. The Labute approximate surface area is 235 Å². The van der Waals surface area contributed by atoms with Crippen molar-refractivity contribution in [3.05, 3.63) is 57.2 Å². The zero-order chi connectivity index (χ0) is 28.9. The van der Waals surface area contributed by atoms with Gasteiger partial charge in [-0.3, -0.25) is 19.2 Å². The molecule has 2 aliphatic rings. The van der Waals surface area contributed by atoms with Crippen molar-refractivity contribution in [2.75, 3.05) is 0 Å². The van der Waals surface area contributed by atoms with Crippen LogP contribution in [0.1, 0.15) is 131 Å². The van der Waals surface area contributed by atoms with Crippen molar-refractivity contribution in [3.8, 4) is 0 Å². The number of Topliss-reactive ketones (excluding diaryl/α,β-unsaturated/α-hetero) is 4. The molecule has 0 aliphatic heterocycles. The van der Waals surface area contributed by atoms with E-state index in [2.05, 4.69) is 39.8 Å². The summed E-state index contributed by atoms with van der Waals surface area (Å²) in [5.41, 5.74) is 7.94. The fourth-order valence-electron chi connectivity index (χ4n) is 6.95. The van der Waals surface area contributed by atoms with Gasteiger partial charge in [0.15, 0.2) is 11.6 Å². The molecule has 0 saturated carbocycles. The molecule has 0 N–H and O–H groups in total. The number of allylic oxidation sites excluding steroid dienone is 4. The molecule has 212 valence electrons. The van der Waals surface area contributed by atoms with Gasteiger partial charge in [0.25, 0.3) is 0 Å². The molecule has 3 rings (SSSR count). The highest BCUT2D eigenvalue weighted by Crippen LogP contribution is 2.40. The average Bonchev–Trinajstić information content (AvgIpc) is 3.33. The third-order valence-corrected chi connectivity index (χ3v) is 8.95. The molecular formula is C35H48O4. The molecule has 2 aliphatic carbocycles. The molecule has 1 aromatic rings. The van der Waals surface area contributed by atoms with Crippen LogP contribution in [0.3, 0.4) is 0 Å². The van der Waals surface area contributed by atoms with Crippen LogP contribution in [0.2, 0.25) is 0 Å². The maximum atomic E-state index is 13.7. The first-order chi connectivity index (χ1) is 18.5. The molecule has 3 atom stereocenters. The van der Waals surface area contributed by atoms with E-state index in [0.29, 0.717) is 12.3 Å². The first-order valence-corrected chi connectivity index (χ1v) is 15.1. The Morgan fingerprint density at radius 2 is 1.74 bits per heavy atom. The molecule has 0 fully saturated rings. The normalized spacial score (nSPS) is 18.5. The van der Waals surface area contributed by atoms with Crippen molar-refractivity contribution < 1.29 is 19.2 Å². The Bertz CT molecular complexity index is 1180. The van der Waals surface area contributed by atoms with Crippen molar-refractivity contribution in [3.63, 3.8) is 0 Å². The lowest BCUT2D eigenvalue weighted by molar-refractivity contribution is -0.130. The van der Waals surface area contributed by atoms with Crippen LogP contribution < -0.4 is 0 Å². The molecule has 0 heterocycles. The van der Waals surface area contributed by atoms with Gasteiger partial charge < -0.3 is 0 Å².